The van der Waals surface area contributed by atoms with Crippen LogP contribution in [0.4, 0.5) is 4.39 Å². The first-order chi connectivity index (χ1) is 8.72. The molecule has 4 nitrogen and oxygen atoms in total. The second kappa shape index (κ2) is 4.66. The number of carbonyl (C=O) groups is 1. The third-order valence-electron chi connectivity index (χ3n) is 3.42. The van der Waals surface area contributed by atoms with Crippen molar-refractivity contribution in [3.05, 3.63) is 35.6 Å². The number of nitrogens with one attached hydrogen (secondary N) is 3. The second-order valence-corrected chi connectivity index (χ2v) is 4.96. The number of halogens is 1. The Balaban J connectivity index is 1.60. The molecule has 1 aliphatic carbocycles. The molecule has 2 unspecified atom stereocenters. The van der Waals surface area contributed by atoms with E-state index in [4.69, 9.17) is 0 Å². The fourth-order valence-corrected chi connectivity index (χ4v) is 2.17. The Kier molecular flexibility index (Phi) is 3.01. The predicted octanol–water partition coefficient (Wildman–Crippen LogP) is 1.01. The van der Waals surface area contributed by atoms with Gasteiger partial charge in [0.05, 0.1) is 0 Å². The summed E-state index contributed by atoms with van der Waals surface area (Å²) in [6, 6.07) is 6.60. The number of rotatable bonds is 3. The summed E-state index contributed by atoms with van der Waals surface area (Å²) in [7, 11) is 0. The van der Waals surface area contributed by atoms with E-state index in [0.29, 0.717) is 12.5 Å². The van der Waals surface area contributed by atoms with Gasteiger partial charge in [-0.25, -0.2) is 15.2 Å². The normalized spacial score (nSPS) is 27.2. The highest BCUT2D eigenvalue weighted by atomic mass is 19.1. The molecule has 0 aromatic heterocycles. The Morgan fingerprint density at radius 2 is 1.94 bits per heavy atom. The van der Waals surface area contributed by atoms with Crippen LogP contribution in [0, 0.1) is 5.82 Å². The van der Waals surface area contributed by atoms with E-state index in [1.54, 1.807) is 12.1 Å². The van der Waals surface area contributed by atoms with Crippen molar-refractivity contribution >= 4 is 5.91 Å². The third-order valence-corrected chi connectivity index (χ3v) is 3.42. The van der Waals surface area contributed by atoms with Crippen LogP contribution in [-0.2, 0) is 4.79 Å². The summed E-state index contributed by atoms with van der Waals surface area (Å²) in [5.74, 6) is -0.192. The van der Waals surface area contributed by atoms with Crippen molar-refractivity contribution in [3.8, 4) is 0 Å². The largest absolute Gasteiger partial charge is 0.352 e. The van der Waals surface area contributed by atoms with Gasteiger partial charge in [0.2, 0.25) is 5.91 Å². The summed E-state index contributed by atoms with van der Waals surface area (Å²) in [6.45, 7) is 0. The molecule has 3 rings (SSSR count). The molecule has 3 N–H and O–H groups in total. The minimum atomic E-state index is -0.243. The molecule has 0 radical (unpaired) electrons. The standard InChI is InChI=1S/C13H16FN3O/c14-9-3-1-8(2-4-9)11-7-12(17-16-11)13(18)15-10-5-6-10/h1-4,10-12,16-17H,5-7H2,(H,15,18). The van der Waals surface area contributed by atoms with Crippen molar-refractivity contribution in [1.29, 1.82) is 0 Å². The fraction of sp³-hybridized carbons (Fsp3) is 0.462. The Labute approximate surface area is 105 Å². The molecule has 2 atom stereocenters. The molecular weight excluding hydrogens is 233 g/mol. The van der Waals surface area contributed by atoms with E-state index in [1.165, 1.54) is 12.1 Å². The van der Waals surface area contributed by atoms with Gasteiger partial charge in [0, 0.05) is 12.1 Å². The van der Waals surface area contributed by atoms with Crippen molar-refractivity contribution in [3.63, 3.8) is 0 Å². The van der Waals surface area contributed by atoms with E-state index in [0.717, 1.165) is 18.4 Å². The first-order valence-electron chi connectivity index (χ1n) is 6.29. The molecule has 18 heavy (non-hydrogen) atoms. The SMILES string of the molecule is O=C(NC1CC1)C1CC(c2ccc(F)cc2)NN1. The zero-order chi connectivity index (χ0) is 12.5. The van der Waals surface area contributed by atoms with Crippen LogP contribution in [0.15, 0.2) is 24.3 Å². The van der Waals surface area contributed by atoms with Gasteiger partial charge in [0.1, 0.15) is 11.9 Å². The quantitative estimate of drug-likeness (QED) is 0.749. The number of hydrogen-bond donors (Lipinski definition) is 3. The Morgan fingerprint density at radius 1 is 1.22 bits per heavy atom. The van der Waals surface area contributed by atoms with Gasteiger partial charge < -0.3 is 5.32 Å². The highest BCUT2D eigenvalue weighted by Crippen LogP contribution is 2.24. The molecule has 2 fully saturated rings. The number of hydrazine groups is 1. The van der Waals surface area contributed by atoms with Crippen LogP contribution >= 0.6 is 0 Å². The molecule has 96 valence electrons. The lowest BCUT2D eigenvalue weighted by Crippen LogP contribution is -2.43. The van der Waals surface area contributed by atoms with E-state index in [1.807, 2.05) is 0 Å². The maximum Gasteiger partial charge on any atom is 0.238 e. The average molecular weight is 249 g/mol. The Bertz CT molecular complexity index is 444. The summed E-state index contributed by atoms with van der Waals surface area (Å²) in [6.07, 6.45) is 2.87. The summed E-state index contributed by atoms with van der Waals surface area (Å²) >= 11 is 0. The topological polar surface area (TPSA) is 53.2 Å². The van der Waals surface area contributed by atoms with Crippen molar-refractivity contribution < 1.29 is 9.18 Å². The molecule has 5 heteroatoms. The van der Waals surface area contributed by atoms with Gasteiger partial charge >= 0.3 is 0 Å². The molecular formula is C13H16FN3O. The van der Waals surface area contributed by atoms with Gasteiger partial charge in [-0.1, -0.05) is 12.1 Å². The van der Waals surface area contributed by atoms with E-state index in [9.17, 15) is 9.18 Å². The van der Waals surface area contributed by atoms with Crippen LogP contribution in [0.25, 0.3) is 0 Å². The van der Waals surface area contributed by atoms with E-state index in [-0.39, 0.29) is 23.8 Å². The fourth-order valence-electron chi connectivity index (χ4n) is 2.17. The smallest absolute Gasteiger partial charge is 0.238 e. The Morgan fingerprint density at radius 3 is 2.61 bits per heavy atom. The second-order valence-electron chi connectivity index (χ2n) is 4.96. The first kappa shape index (κ1) is 11.6. The maximum atomic E-state index is 12.8. The zero-order valence-electron chi connectivity index (χ0n) is 9.95. The van der Waals surface area contributed by atoms with Gasteiger partial charge in [-0.15, -0.1) is 0 Å². The van der Waals surface area contributed by atoms with Crippen LogP contribution < -0.4 is 16.2 Å². The maximum absolute atomic E-state index is 12.8. The van der Waals surface area contributed by atoms with E-state index in [2.05, 4.69) is 16.2 Å². The average Bonchev–Trinajstić information content (AvgIpc) is 3.04. The van der Waals surface area contributed by atoms with Crippen LogP contribution in [0.1, 0.15) is 30.9 Å². The molecule has 1 saturated carbocycles. The first-order valence-corrected chi connectivity index (χ1v) is 6.29. The van der Waals surface area contributed by atoms with Gasteiger partial charge in [-0.3, -0.25) is 4.79 Å². The van der Waals surface area contributed by atoms with Gasteiger partial charge in [0.15, 0.2) is 0 Å². The Hall–Kier alpha value is -1.46. The molecule has 1 amide bonds. The molecule has 2 aliphatic rings. The lowest BCUT2D eigenvalue weighted by Gasteiger charge is -2.10. The van der Waals surface area contributed by atoms with Crippen molar-refractivity contribution in [1.82, 2.24) is 16.2 Å². The van der Waals surface area contributed by atoms with Crippen LogP contribution in [0.5, 0.6) is 0 Å². The molecule has 1 saturated heterocycles. The molecule has 1 aromatic rings. The summed E-state index contributed by atoms with van der Waals surface area (Å²) in [5.41, 5.74) is 7.07. The summed E-state index contributed by atoms with van der Waals surface area (Å²) in [4.78, 5) is 11.9. The van der Waals surface area contributed by atoms with Crippen molar-refractivity contribution in [2.75, 3.05) is 0 Å². The third kappa shape index (κ3) is 2.52. The highest BCUT2D eigenvalue weighted by molar-refractivity contribution is 5.82. The molecule has 1 aromatic carbocycles. The highest BCUT2D eigenvalue weighted by Gasteiger charge is 2.33. The monoisotopic (exact) mass is 249 g/mol. The number of carbonyl (C=O) groups excluding carboxylic acids is 1. The lowest BCUT2D eigenvalue weighted by molar-refractivity contribution is -0.123. The lowest BCUT2D eigenvalue weighted by atomic mass is 10.0. The van der Waals surface area contributed by atoms with Crippen molar-refractivity contribution in [2.45, 2.75) is 37.4 Å². The molecule has 0 spiro atoms. The summed E-state index contributed by atoms with van der Waals surface area (Å²) < 4.78 is 12.8. The van der Waals surface area contributed by atoms with Gasteiger partial charge in [-0.2, -0.15) is 0 Å². The molecule has 0 bridgehead atoms. The number of benzene rings is 1. The number of amides is 1. The summed E-state index contributed by atoms with van der Waals surface area (Å²) in [5, 5.41) is 2.98. The minimum Gasteiger partial charge on any atom is -0.352 e. The predicted molar refractivity (Wildman–Crippen MR) is 65.0 cm³/mol. The van der Waals surface area contributed by atoms with Crippen molar-refractivity contribution in [2.24, 2.45) is 0 Å². The van der Waals surface area contributed by atoms with E-state index >= 15 is 0 Å². The van der Waals surface area contributed by atoms with Crippen LogP contribution in [-0.4, -0.2) is 18.0 Å². The zero-order valence-corrected chi connectivity index (χ0v) is 9.95. The van der Waals surface area contributed by atoms with E-state index < -0.39 is 0 Å². The minimum absolute atomic E-state index is 0.0506. The molecule has 1 aliphatic heterocycles. The van der Waals surface area contributed by atoms with Crippen LogP contribution in [0.3, 0.4) is 0 Å². The number of hydrogen-bond acceptors (Lipinski definition) is 3. The van der Waals surface area contributed by atoms with Crippen LogP contribution in [0.2, 0.25) is 0 Å². The van der Waals surface area contributed by atoms with Gasteiger partial charge in [0.25, 0.3) is 0 Å². The van der Waals surface area contributed by atoms with Gasteiger partial charge in [-0.05, 0) is 37.0 Å². The molecule has 1 heterocycles.